The molecule has 3 aliphatic rings. The average molecular weight is 513 g/mol. The van der Waals surface area contributed by atoms with E-state index in [0.29, 0.717) is 5.41 Å². The van der Waals surface area contributed by atoms with Gasteiger partial charge in [0.2, 0.25) is 5.91 Å². The predicted octanol–water partition coefficient (Wildman–Crippen LogP) is 6.47. The van der Waals surface area contributed by atoms with Crippen LogP contribution in [0.15, 0.2) is 82.4 Å². The van der Waals surface area contributed by atoms with E-state index in [9.17, 15) is 9.59 Å². The lowest BCUT2D eigenvalue weighted by molar-refractivity contribution is -0.124. The van der Waals surface area contributed by atoms with Crippen LogP contribution in [0.3, 0.4) is 0 Å². The third-order valence-corrected chi connectivity index (χ3v) is 9.18. The summed E-state index contributed by atoms with van der Waals surface area (Å²) in [5.41, 5.74) is 6.09. The first kappa shape index (κ1) is 26.3. The molecule has 2 aliphatic carbocycles. The monoisotopic (exact) mass is 512 g/mol. The number of benzene rings is 2. The summed E-state index contributed by atoms with van der Waals surface area (Å²) in [6.45, 7) is 6.67. The number of carbonyl (C=O) groups is 1. The van der Waals surface area contributed by atoms with Gasteiger partial charge in [0.15, 0.2) is 0 Å². The normalized spacial score (nSPS) is 18.9. The Bertz CT molecular complexity index is 1310. The maximum absolute atomic E-state index is 11.6. The number of aryl methyl sites for hydroxylation is 3. The molecule has 2 fully saturated rings. The predicted molar refractivity (Wildman–Crippen MR) is 151 cm³/mol. The Morgan fingerprint density at radius 3 is 1.68 bits per heavy atom. The van der Waals surface area contributed by atoms with Crippen molar-refractivity contribution in [1.29, 1.82) is 0 Å². The van der Waals surface area contributed by atoms with E-state index < -0.39 is 0 Å². The van der Waals surface area contributed by atoms with Crippen LogP contribution in [0.5, 0.6) is 0 Å². The molecule has 0 radical (unpaired) electrons. The Kier molecular flexibility index (Phi) is 7.73. The highest BCUT2D eigenvalue weighted by atomic mass is 16.4. The van der Waals surface area contributed by atoms with Gasteiger partial charge < -0.3 is 9.32 Å². The van der Waals surface area contributed by atoms with Crippen molar-refractivity contribution in [3.8, 4) is 0 Å². The van der Waals surface area contributed by atoms with Gasteiger partial charge in [0, 0.05) is 31.9 Å². The minimum atomic E-state index is -0.252. The van der Waals surface area contributed by atoms with Gasteiger partial charge >= 0.3 is 5.76 Å². The van der Waals surface area contributed by atoms with E-state index in [0.717, 1.165) is 32.5 Å². The SMILES string of the molecule is Cc1ccc(C2(CCN3CC=CC3=O)CCC2)cc1.Cc1ccc(C2(CCn3ccoc3=O)CCC2)cc1. The van der Waals surface area contributed by atoms with E-state index in [4.69, 9.17) is 4.42 Å². The largest absolute Gasteiger partial charge is 0.418 e. The number of amides is 1. The molecule has 0 spiro atoms. The number of oxazole rings is 1. The van der Waals surface area contributed by atoms with Crippen LogP contribution < -0.4 is 5.76 Å². The van der Waals surface area contributed by atoms with Crippen LogP contribution in [-0.4, -0.2) is 28.5 Å². The summed E-state index contributed by atoms with van der Waals surface area (Å²) in [5.74, 6) is -0.0724. The summed E-state index contributed by atoms with van der Waals surface area (Å²) in [4.78, 5) is 25.0. The summed E-state index contributed by atoms with van der Waals surface area (Å²) in [6.07, 6.45) is 16.5. The standard InChI is InChI=1S/C17H21NO.C16H19NO2/c1-14-5-7-15(8-6-14)17(9-3-10-17)11-13-18-12-2-4-16(18)19;1-13-3-5-14(6-4-13)16(7-2-8-16)9-10-17-11-12-19-15(17)18/h2,4-8H,3,9-13H2,1H3;3-6,11-12H,2,7-10H2,1H3. The average Bonchev–Trinajstić information content (AvgIpc) is 3.47. The Morgan fingerprint density at radius 1 is 0.763 bits per heavy atom. The smallest absolute Gasteiger partial charge is 0.416 e. The second kappa shape index (κ2) is 11.2. The maximum Gasteiger partial charge on any atom is 0.418 e. The highest BCUT2D eigenvalue weighted by Gasteiger charge is 2.39. The van der Waals surface area contributed by atoms with Gasteiger partial charge in [0.1, 0.15) is 6.26 Å². The van der Waals surface area contributed by atoms with E-state index >= 15 is 0 Å². The van der Waals surface area contributed by atoms with Gasteiger partial charge in [-0.25, -0.2) is 4.79 Å². The van der Waals surface area contributed by atoms with Gasteiger partial charge in [-0.3, -0.25) is 9.36 Å². The summed E-state index contributed by atoms with van der Waals surface area (Å²) < 4.78 is 6.47. The minimum Gasteiger partial charge on any atom is -0.416 e. The molecule has 1 aliphatic heterocycles. The first-order valence-corrected chi connectivity index (χ1v) is 14.1. The van der Waals surface area contributed by atoms with E-state index in [1.165, 1.54) is 67.0 Å². The quantitative estimate of drug-likeness (QED) is 0.348. The van der Waals surface area contributed by atoms with Gasteiger partial charge in [0.05, 0.1) is 0 Å². The highest BCUT2D eigenvalue weighted by molar-refractivity contribution is 5.89. The fourth-order valence-electron chi connectivity index (χ4n) is 6.20. The van der Waals surface area contributed by atoms with Crippen LogP contribution >= 0.6 is 0 Å². The van der Waals surface area contributed by atoms with Crippen molar-refractivity contribution >= 4 is 5.91 Å². The first-order valence-electron chi connectivity index (χ1n) is 14.1. The van der Waals surface area contributed by atoms with Crippen LogP contribution in [-0.2, 0) is 22.2 Å². The Balaban J connectivity index is 0.000000155. The van der Waals surface area contributed by atoms with E-state index in [-0.39, 0.29) is 17.1 Å². The number of nitrogens with zero attached hydrogens (tertiary/aromatic N) is 2. The van der Waals surface area contributed by atoms with Crippen molar-refractivity contribution in [2.24, 2.45) is 0 Å². The highest BCUT2D eigenvalue weighted by Crippen LogP contribution is 2.47. The number of hydrogen-bond donors (Lipinski definition) is 0. The molecular formula is C33H40N2O3. The minimum absolute atomic E-state index is 0.179. The van der Waals surface area contributed by atoms with Crippen molar-refractivity contribution < 1.29 is 9.21 Å². The van der Waals surface area contributed by atoms with Crippen LogP contribution in [0.25, 0.3) is 0 Å². The van der Waals surface area contributed by atoms with Crippen molar-refractivity contribution in [2.45, 2.75) is 82.6 Å². The van der Waals surface area contributed by atoms with Crippen molar-refractivity contribution in [2.75, 3.05) is 13.1 Å². The van der Waals surface area contributed by atoms with Crippen molar-refractivity contribution in [3.05, 3.63) is 106 Å². The van der Waals surface area contributed by atoms with Gasteiger partial charge in [-0.05, 0) is 74.3 Å². The van der Waals surface area contributed by atoms with E-state index in [2.05, 4.69) is 62.4 Å². The molecular weight excluding hydrogens is 472 g/mol. The number of rotatable bonds is 8. The molecule has 0 N–H and O–H groups in total. The Morgan fingerprint density at radius 2 is 1.29 bits per heavy atom. The fraction of sp³-hybridized carbons (Fsp3) is 0.455. The van der Waals surface area contributed by atoms with Gasteiger partial charge in [0.25, 0.3) is 0 Å². The van der Waals surface area contributed by atoms with Crippen LogP contribution in [0, 0.1) is 13.8 Å². The Hall–Kier alpha value is -3.34. The van der Waals surface area contributed by atoms with E-state index in [1.807, 2.05) is 11.0 Å². The molecule has 1 amide bonds. The lowest BCUT2D eigenvalue weighted by atomic mass is 9.62. The second-order valence-electron chi connectivity index (χ2n) is 11.5. The van der Waals surface area contributed by atoms with Crippen LogP contribution in [0.1, 0.15) is 73.6 Å². The molecule has 38 heavy (non-hydrogen) atoms. The summed E-state index contributed by atoms with van der Waals surface area (Å²) in [6, 6.07) is 17.8. The maximum atomic E-state index is 11.6. The van der Waals surface area contributed by atoms with Crippen molar-refractivity contribution in [3.63, 3.8) is 0 Å². The molecule has 1 aromatic heterocycles. The summed E-state index contributed by atoms with van der Waals surface area (Å²) in [5, 5.41) is 0. The molecule has 2 saturated carbocycles. The molecule has 5 heteroatoms. The third-order valence-electron chi connectivity index (χ3n) is 9.18. The zero-order valence-corrected chi connectivity index (χ0v) is 22.8. The molecule has 200 valence electrons. The summed E-state index contributed by atoms with van der Waals surface area (Å²) in [7, 11) is 0. The molecule has 3 aromatic rings. The number of hydrogen-bond acceptors (Lipinski definition) is 3. The lowest BCUT2D eigenvalue weighted by Gasteiger charge is -2.43. The molecule has 0 bridgehead atoms. The zero-order chi connectivity index (χ0) is 26.6. The summed E-state index contributed by atoms with van der Waals surface area (Å²) >= 11 is 0. The van der Waals surface area contributed by atoms with Crippen LogP contribution in [0.4, 0.5) is 0 Å². The van der Waals surface area contributed by atoms with Crippen molar-refractivity contribution in [1.82, 2.24) is 9.47 Å². The van der Waals surface area contributed by atoms with E-state index in [1.54, 1.807) is 16.8 Å². The molecule has 6 rings (SSSR count). The molecule has 0 saturated heterocycles. The van der Waals surface area contributed by atoms with Gasteiger partial charge in [-0.2, -0.15) is 0 Å². The lowest BCUT2D eigenvalue weighted by Crippen LogP contribution is -2.39. The fourth-order valence-corrected chi connectivity index (χ4v) is 6.20. The number of aromatic nitrogens is 1. The molecule has 0 atom stereocenters. The second-order valence-corrected chi connectivity index (χ2v) is 11.5. The molecule has 2 aromatic carbocycles. The third kappa shape index (κ3) is 5.57. The van der Waals surface area contributed by atoms with Gasteiger partial charge in [-0.15, -0.1) is 0 Å². The zero-order valence-electron chi connectivity index (χ0n) is 22.8. The molecule has 2 heterocycles. The first-order chi connectivity index (χ1) is 18.4. The molecule has 0 unspecified atom stereocenters. The van der Waals surface area contributed by atoms with Gasteiger partial charge in [-0.1, -0.05) is 78.6 Å². The van der Waals surface area contributed by atoms with Crippen LogP contribution in [0.2, 0.25) is 0 Å². The Labute approximate surface area is 226 Å². The molecule has 5 nitrogen and oxygen atoms in total. The number of carbonyl (C=O) groups excluding carboxylic acids is 1. The topological polar surface area (TPSA) is 55.5 Å².